The molecular formula is C17H19N3O2. The number of carbonyl (C=O) groups is 1. The molecule has 0 unspecified atom stereocenters. The lowest BCUT2D eigenvalue weighted by atomic mass is 10.1. The Balaban J connectivity index is 1.72. The Labute approximate surface area is 129 Å². The molecule has 1 aliphatic heterocycles. The maximum Gasteiger partial charge on any atom is 0.250 e. The van der Waals surface area contributed by atoms with E-state index in [2.05, 4.69) is 10.4 Å². The van der Waals surface area contributed by atoms with Gasteiger partial charge in [0.15, 0.2) is 0 Å². The third-order valence-electron chi connectivity index (χ3n) is 4.01. The van der Waals surface area contributed by atoms with Crippen molar-refractivity contribution in [1.82, 2.24) is 15.1 Å². The van der Waals surface area contributed by atoms with Gasteiger partial charge in [0.2, 0.25) is 0 Å². The van der Waals surface area contributed by atoms with Gasteiger partial charge in [0.05, 0.1) is 11.3 Å². The van der Waals surface area contributed by atoms with Gasteiger partial charge >= 0.3 is 0 Å². The van der Waals surface area contributed by atoms with E-state index in [9.17, 15) is 4.79 Å². The topological polar surface area (TPSA) is 56.2 Å². The Morgan fingerprint density at radius 2 is 2.14 bits per heavy atom. The summed E-state index contributed by atoms with van der Waals surface area (Å²) in [6, 6.07) is 7.70. The Bertz CT molecular complexity index is 759. The Morgan fingerprint density at radius 1 is 1.36 bits per heavy atom. The highest BCUT2D eigenvalue weighted by Gasteiger charge is 2.17. The minimum atomic E-state index is -0.0999. The average Bonchev–Trinajstić information content (AvgIpc) is 2.77. The number of amides is 1. The molecule has 0 aliphatic carbocycles. The van der Waals surface area contributed by atoms with Crippen LogP contribution < -0.4 is 10.1 Å². The molecule has 0 bridgehead atoms. The summed E-state index contributed by atoms with van der Waals surface area (Å²) in [4.78, 5) is 12.3. The number of nitrogens with one attached hydrogen (secondary N) is 1. The first-order chi connectivity index (χ1) is 10.6. The fourth-order valence-corrected chi connectivity index (χ4v) is 2.60. The Hall–Kier alpha value is -2.56. The maximum absolute atomic E-state index is 12.3. The van der Waals surface area contributed by atoms with Crippen LogP contribution in [0.15, 0.2) is 29.8 Å². The zero-order valence-corrected chi connectivity index (χ0v) is 13.0. The van der Waals surface area contributed by atoms with E-state index in [0.717, 1.165) is 28.3 Å². The number of aromatic nitrogens is 2. The first-order valence-corrected chi connectivity index (χ1v) is 7.26. The molecular weight excluding hydrogens is 278 g/mol. The van der Waals surface area contributed by atoms with Crippen molar-refractivity contribution in [2.75, 3.05) is 6.61 Å². The van der Waals surface area contributed by atoms with Crippen molar-refractivity contribution in [2.24, 2.45) is 7.05 Å². The molecule has 1 amide bonds. The Kier molecular flexibility index (Phi) is 3.71. The third-order valence-corrected chi connectivity index (χ3v) is 4.01. The first-order valence-electron chi connectivity index (χ1n) is 7.26. The van der Waals surface area contributed by atoms with Crippen LogP contribution >= 0.6 is 0 Å². The van der Waals surface area contributed by atoms with Gasteiger partial charge in [0.25, 0.3) is 5.91 Å². The molecule has 5 heteroatoms. The molecule has 1 aromatic carbocycles. The second-order valence-corrected chi connectivity index (χ2v) is 5.45. The fourth-order valence-electron chi connectivity index (χ4n) is 2.60. The predicted molar refractivity (Wildman–Crippen MR) is 84.4 cm³/mol. The molecule has 0 radical (unpaired) electrons. The number of hydrogen-bond donors (Lipinski definition) is 1. The normalized spacial score (nSPS) is 13.1. The molecule has 0 atom stereocenters. The van der Waals surface area contributed by atoms with Gasteiger partial charge in [-0.3, -0.25) is 9.48 Å². The number of benzene rings is 1. The highest BCUT2D eigenvalue weighted by molar-refractivity contribution is 5.99. The van der Waals surface area contributed by atoms with Crippen LogP contribution in [0.25, 0.3) is 6.08 Å². The number of fused-ring (bicyclic) bond motifs is 1. The molecule has 0 fully saturated rings. The summed E-state index contributed by atoms with van der Waals surface area (Å²) in [6.07, 6.45) is 1.89. The van der Waals surface area contributed by atoms with Gasteiger partial charge < -0.3 is 10.1 Å². The summed E-state index contributed by atoms with van der Waals surface area (Å²) in [5.74, 6) is 0.718. The highest BCUT2D eigenvalue weighted by atomic mass is 16.5. The predicted octanol–water partition coefficient (Wildman–Crippen LogP) is 2.13. The van der Waals surface area contributed by atoms with Crippen LogP contribution in [-0.4, -0.2) is 22.3 Å². The number of nitrogens with zero attached hydrogens (tertiary/aromatic N) is 2. The third kappa shape index (κ3) is 2.62. The van der Waals surface area contributed by atoms with Gasteiger partial charge in [-0.25, -0.2) is 0 Å². The SMILES string of the molecule is Cc1nn(C)c(C)c1CNC(=O)C1=Cc2ccccc2OC1. The van der Waals surface area contributed by atoms with E-state index in [1.54, 1.807) is 0 Å². The minimum absolute atomic E-state index is 0.0999. The largest absolute Gasteiger partial charge is 0.488 e. The van der Waals surface area contributed by atoms with Crippen LogP contribution in [0.4, 0.5) is 0 Å². The second kappa shape index (κ2) is 5.67. The first kappa shape index (κ1) is 14.4. The lowest BCUT2D eigenvalue weighted by molar-refractivity contribution is -0.117. The lowest BCUT2D eigenvalue weighted by Gasteiger charge is -2.17. The van der Waals surface area contributed by atoms with Crippen LogP contribution in [0.2, 0.25) is 0 Å². The van der Waals surface area contributed by atoms with Crippen molar-refractivity contribution in [3.63, 3.8) is 0 Å². The van der Waals surface area contributed by atoms with Crippen molar-refractivity contribution in [1.29, 1.82) is 0 Å². The molecule has 1 aromatic heterocycles. The summed E-state index contributed by atoms with van der Waals surface area (Å²) in [7, 11) is 1.90. The standard InChI is InChI=1S/C17H19N3O2/c1-11-15(12(2)20(3)19-11)9-18-17(21)14-8-13-6-4-5-7-16(13)22-10-14/h4-8H,9-10H2,1-3H3,(H,18,21). The zero-order valence-electron chi connectivity index (χ0n) is 13.0. The molecule has 0 saturated carbocycles. The quantitative estimate of drug-likeness (QED) is 0.944. The van der Waals surface area contributed by atoms with Crippen LogP contribution in [0, 0.1) is 13.8 Å². The molecule has 0 saturated heterocycles. The summed E-state index contributed by atoms with van der Waals surface area (Å²) in [5.41, 5.74) is 4.65. The number of rotatable bonds is 3. The van der Waals surface area contributed by atoms with Crippen molar-refractivity contribution in [2.45, 2.75) is 20.4 Å². The van der Waals surface area contributed by atoms with Crippen LogP contribution in [0.5, 0.6) is 5.75 Å². The maximum atomic E-state index is 12.3. The number of hydrogen-bond acceptors (Lipinski definition) is 3. The van der Waals surface area contributed by atoms with E-state index in [1.165, 1.54) is 0 Å². The fraction of sp³-hybridized carbons (Fsp3) is 0.294. The zero-order chi connectivity index (χ0) is 15.7. The van der Waals surface area contributed by atoms with Crippen molar-refractivity contribution in [3.05, 3.63) is 52.4 Å². The lowest BCUT2D eigenvalue weighted by Crippen LogP contribution is -2.28. The molecule has 22 heavy (non-hydrogen) atoms. The Morgan fingerprint density at radius 3 is 2.86 bits per heavy atom. The van der Waals surface area contributed by atoms with Crippen LogP contribution in [0.1, 0.15) is 22.5 Å². The smallest absolute Gasteiger partial charge is 0.250 e. The van der Waals surface area contributed by atoms with E-state index in [0.29, 0.717) is 18.7 Å². The van der Waals surface area contributed by atoms with Crippen molar-refractivity contribution in [3.8, 4) is 5.75 Å². The van der Waals surface area contributed by atoms with E-state index in [4.69, 9.17) is 4.74 Å². The molecule has 1 N–H and O–H groups in total. The number of aryl methyl sites for hydroxylation is 2. The molecule has 0 spiro atoms. The molecule has 114 valence electrons. The van der Waals surface area contributed by atoms with Crippen molar-refractivity contribution < 1.29 is 9.53 Å². The molecule has 1 aliphatic rings. The van der Waals surface area contributed by atoms with E-state index in [-0.39, 0.29) is 5.91 Å². The van der Waals surface area contributed by atoms with Gasteiger partial charge in [-0.2, -0.15) is 5.10 Å². The molecule has 2 aromatic rings. The van der Waals surface area contributed by atoms with Gasteiger partial charge in [-0.1, -0.05) is 18.2 Å². The summed E-state index contributed by atoms with van der Waals surface area (Å²) >= 11 is 0. The number of carbonyl (C=O) groups excluding carboxylic acids is 1. The monoisotopic (exact) mass is 297 g/mol. The molecule has 5 nitrogen and oxygen atoms in total. The van der Waals surface area contributed by atoms with E-state index in [1.807, 2.05) is 55.9 Å². The van der Waals surface area contributed by atoms with Gasteiger partial charge in [0, 0.05) is 30.4 Å². The van der Waals surface area contributed by atoms with Crippen LogP contribution in [0.3, 0.4) is 0 Å². The van der Waals surface area contributed by atoms with Gasteiger partial charge in [-0.05, 0) is 26.0 Å². The highest BCUT2D eigenvalue weighted by Crippen LogP contribution is 2.25. The van der Waals surface area contributed by atoms with Gasteiger partial charge in [0.1, 0.15) is 12.4 Å². The van der Waals surface area contributed by atoms with Crippen LogP contribution in [-0.2, 0) is 18.4 Å². The summed E-state index contributed by atoms with van der Waals surface area (Å²) in [6.45, 7) is 4.73. The van der Waals surface area contributed by atoms with Crippen molar-refractivity contribution >= 4 is 12.0 Å². The number of para-hydroxylation sites is 1. The second-order valence-electron chi connectivity index (χ2n) is 5.45. The molecule has 2 heterocycles. The minimum Gasteiger partial charge on any atom is -0.488 e. The van der Waals surface area contributed by atoms with Gasteiger partial charge in [-0.15, -0.1) is 0 Å². The average molecular weight is 297 g/mol. The number of ether oxygens (including phenoxy) is 1. The van der Waals surface area contributed by atoms with E-state index < -0.39 is 0 Å². The molecule has 3 rings (SSSR count). The summed E-state index contributed by atoms with van der Waals surface area (Å²) in [5, 5.41) is 7.31. The summed E-state index contributed by atoms with van der Waals surface area (Å²) < 4.78 is 7.44. The van der Waals surface area contributed by atoms with E-state index >= 15 is 0 Å².